The number of rotatable bonds is 4. The van der Waals surface area contributed by atoms with Gasteiger partial charge in [0, 0.05) is 28.6 Å². The molecule has 0 atom stereocenters. The molecule has 0 aliphatic carbocycles. The number of anilines is 1. The molecule has 0 bridgehead atoms. The van der Waals surface area contributed by atoms with Crippen LogP contribution in [0.15, 0.2) is 56.3 Å². The van der Waals surface area contributed by atoms with Crippen molar-refractivity contribution in [3.8, 4) is 0 Å². The summed E-state index contributed by atoms with van der Waals surface area (Å²) in [6, 6.07) is 11.2. The molecule has 0 aliphatic rings. The van der Waals surface area contributed by atoms with Crippen LogP contribution in [0.3, 0.4) is 0 Å². The lowest BCUT2D eigenvalue weighted by Gasteiger charge is -2.12. The Morgan fingerprint density at radius 3 is 2.17 bits per heavy atom. The first-order chi connectivity index (χ1) is 10.7. The Morgan fingerprint density at radius 1 is 1.04 bits per heavy atom. The highest BCUT2D eigenvalue weighted by Gasteiger charge is 2.17. The van der Waals surface area contributed by atoms with Crippen molar-refractivity contribution in [1.82, 2.24) is 4.31 Å². The van der Waals surface area contributed by atoms with Gasteiger partial charge in [-0.05, 0) is 58.4 Å². The summed E-state index contributed by atoms with van der Waals surface area (Å²) in [4.78, 5) is 12.4. The molecule has 122 valence electrons. The van der Waals surface area contributed by atoms with Gasteiger partial charge in [0.25, 0.3) is 5.91 Å². The Kier molecular flexibility index (Phi) is 5.61. The predicted molar refractivity (Wildman–Crippen MR) is 97.1 cm³/mol. The Bertz CT molecular complexity index is 834. The number of carbonyl (C=O) groups excluding carboxylic acids is 1. The average Bonchev–Trinajstić information content (AvgIpc) is 2.50. The molecule has 0 saturated heterocycles. The molecule has 2 aromatic rings. The van der Waals surface area contributed by atoms with Crippen LogP contribution in [0.2, 0.25) is 0 Å². The van der Waals surface area contributed by atoms with Crippen LogP contribution in [0.25, 0.3) is 0 Å². The van der Waals surface area contributed by atoms with Gasteiger partial charge >= 0.3 is 0 Å². The second-order valence-corrected chi connectivity index (χ2v) is 8.81. The number of halogens is 2. The zero-order valence-electron chi connectivity index (χ0n) is 12.4. The number of hydrogen-bond acceptors (Lipinski definition) is 3. The topological polar surface area (TPSA) is 66.5 Å². The summed E-state index contributed by atoms with van der Waals surface area (Å²) >= 11 is 6.71. The lowest BCUT2D eigenvalue weighted by Crippen LogP contribution is -2.22. The fraction of sp³-hybridized carbons (Fsp3) is 0.133. The molecule has 8 heteroatoms. The van der Waals surface area contributed by atoms with Crippen molar-refractivity contribution >= 4 is 53.5 Å². The molecule has 0 radical (unpaired) electrons. The number of sulfonamides is 1. The van der Waals surface area contributed by atoms with E-state index in [2.05, 4.69) is 37.2 Å². The Labute approximate surface area is 152 Å². The van der Waals surface area contributed by atoms with Gasteiger partial charge in [0.15, 0.2) is 0 Å². The zero-order chi connectivity index (χ0) is 17.2. The molecular formula is C15H14Br2N2O3S. The van der Waals surface area contributed by atoms with E-state index in [1.54, 1.807) is 6.07 Å². The number of carbonyl (C=O) groups is 1. The van der Waals surface area contributed by atoms with Gasteiger partial charge in [0.1, 0.15) is 0 Å². The third-order valence-corrected chi connectivity index (χ3v) is 6.05. The molecule has 0 aliphatic heterocycles. The summed E-state index contributed by atoms with van der Waals surface area (Å²) in [5.74, 6) is -0.318. The minimum atomic E-state index is -3.50. The smallest absolute Gasteiger partial charge is 0.255 e. The minimum absolute atomic E-state index is 0.142. The third kappa shape index (κ3) is 4.20. The Balaban J connectivity index is 2.21. The zero-order valence-corrected chi connectivity index (χ0v) is 16.4. The number of nitrogens with one attached hydrogen (secondary N) is 1. The molecule has 23 heavy (non-hydrogen) atoms. The van der Waals surface area contributed by atoms with Crippen molar-refractivity contribution in [3.63, 3.8) is 0 Å². The maximum atomic E-state index is 12.2. The standard InChI is InChI=1S/C15H14Br2N2O3S/c1-19(2)23(21,22)12-6-3-10(4-7-12)15(20)18-14-8-5-11(16)9-13(14)17/h3-9H,1-2H3,(H,18,20). The maximum Gasteiger partial charge on any atom is 0.255 e. The van der Waals surface area contributed by atoms with E-state index in [0.29, 0.717) is 11.3 Å². The van der Waals surface area contributed by atoms with E-state index in [9.17, 15) is 13.2 Å². The molecule has 1 N–H and O–H groups in total. The van der Waals surface area contributed by atoms with Gasteiger partial charge < -0.3 is 5.32 Å². The van der Waals surface area contributed by atoms with Crippen LogP contribution in [0.4, 0.5) is 5.69 Å². The van der Waals surface area contributed by atoms with Crippen LogP contribution in [0.5, 0.6) is 0 Å². The van der Waals surface area contributed by atoms with Crippen LogP contribution in [0, 0.1) is 0 Å². The van der Waals surface area contributed by atoms with E-state index < -0.39 is 10.0 Å². The fourth-order valence-corrected chi connectivity index (χ4v) is 3.82. The Hall–Kier alpha value is -1.22. The van der Waals surface area contributed by atoms with Crippen LogP contribution in [0.1, 0.15) is 10.4 Å². The summed E-state index contributed by atoms with van der Waals surface area (Å²) in [5.41, 5.74) is 1.00. The van der Waals surface area contributed by atoms with Crippen LogP contribution >= 0.6 is 31.9 Å². The maximum absolute atomic E-state index is 12.2. The van der Waals surface area contributed by atoms with Crippen molar-refractivity contribution in [2.24, 2.45) is 0 Å². The van der Waals surface area contributed by atoms with Crippen molar-refractivity contribution < 1.29 is 13.2 Å². The van der Waals surface area contributed by atoms with Gasteiger partial charge in [0.05, 0.1) is 10.6 Å². The summed E-state index contributed by atoms with van der Waals surface area (Å²) in [6.45, 7) is 0. The monoisotopic (exact) mass is 460 g/mol. The summed E-state index contributed by atoms with van der Waals surface area (Å²) < 4.78 is 26.7. The van der Waals surface area contributed by atoms with Gasteiger partial charge in [-0.2, -0.15) is 0 Å². The van der Waals surface area contributed by atoms with E-state index >= 15 is 0 Å². The summed E-state index contributed by atoms with van der Waals surface area (Å²) in [6.07, 6.45) is 0. The van der Waals surface area contributed by atoms with Crippen molar-refractivity contribution in [2.75, 3.05) is 19.4 Å². The first kappa shape index (κ1) is 18.1. The quantitative estimate of drug-likeness (QED) is 0.754. The third-order valence-electron chi connectivity index (χ3n) is 3.07. The van der Waals surface area contributed by atoms with Crippen LogP contribution in [-0.2, 0) is 10.0 Å². The minimum Gasteiger partial charge on any atom is -0.321 e. The molecule has 0 unspecified atom stereocenters. The normalized spacial score (nSPS) is 11.5. The van der Waals surface area contributed by atoms with Gasteiger partial charge in [0.2, 0.25) is 10.0 Å². The largest absolute Gasteiger partial charge is 0.321 e. The van der Waals surface area contributed by atoms with Crippen LogP contribution < -0.4 is 5.32 Å². The van der Waals surface area contributed by atoms with E-state index in [0.717, 1.165) is 13.3 Å². The molecule has 1 amide bonds. The number of nitrogens with zero attached hydrogens (tertiary/aromatic N) is 1. The molecule has 0 heterocycles. The lowest BCUT2D eigenvalue weighted by atomic mass is 10.2. The molecule has 2 aromatic carbocycles. The molecule has 0 aromatic heterocycles. The van der Waals surface area contributed by atoms with Crippen molar-refractivity contribution in [1.29, 1.82) is 0 Å². The van der Waals surface area contributed by atoms with E-state index in [1.807, 2.05) is 12.1 Å². The van der Waals surface area contributed by atoms with E-state index in [1.165, 1.54) is 38.4 Å². The van der Waals surface area contributed by atoms with E-state index in [4.69, 9.17) is 0 Å². The van der Waals surface area contributed by atoms with Crippen LogP contribution in [-0.4, -0.2) is 32.7 Å². The highest BCUT2D eigenvalue weighted by molar-refractivity contribution is 9.11. The number of amides is 1. The van der Waals surface area contributed by atoms with Gasteiger partial charge in [-0.3, -0.25) is 4.79 Å². The lowest BCUT2D eigenvalue weighted by molar-refractivity contribution is 0.102. The Morgan fingerprint density at radius 2 is 1.65 bits per heavy atom. The van der Waals surface area contributed by atoms with Crippen molar-refractivity contribution in [2.45, 2.75) is 4.90 Å². The van der Waals surface area contributed by atoms with Gasteiger partial charge in [-0.25, -0.2) is 12.7 Å². The SMILES string of the molecule is CN(C)S(=O)(=O)c1ccc(C(=O)Nc2ccc(Br)cc2Br)cc1. The highest BCUT2D eigenvalue weighted by Crippen LogP contribution is 2.26. The first-order valence-electron chi connectivity index (χ1n) is 6.51. The molecule has 0 fully saturated rings. The average molecular weight is 462 g/mol. The van der Waals surface area contributed by atoms with E-state index in [-0.39, 0.29) is 10.8 Å². The molecule has 2 rings (SSSR count). The van der Waals surface area contributed by atoms with Gasteiger partial charge in [-0.15, -0.1) is 0 Å². The number of benzene rings is 2. The second kappa shape index (κ2) is 7.12. The second-order valence-electron chi connectivity index (χ2n) is 4.89. The summed E-state index contributed by atoms with van der Waals surface area (Å²) in [7, 11) is -0.582. The van der Waals surface area contributed by atoms with Crippen molar-refractivity contribution in [3.05, 3.63) is 57.0 Å². The molecule has 0 saturated carbocycles. The van der Waals surface area contributed by atoms with Gasteiger partial charge in [-0.1, -0.05) is 15.9 Å². The predicted octanol–water partition coefficient (Wildman–Crippen LogP) is 3.71. The fourth-order valence-electron chi connectivity index (χ4n) is 1.77. The molecular weight excluding hydrogens is 448 g/mol. The summed E-state index contributed by atoms with van der Waals surface area (Å²) in [5, 5.41) is 2.77. The molecule has 0 spiro atoms. The molecule has 5 nitrogen and oxygen atoms in total. The first-order valence-corrected chi connectivity index (χ1v) is 9.53. The highest BCUT2D eigenvalue weighted by atomic mass is 79.9. The number of hydrogen-bond donors (Lipinski definition) is 1.